The molecule has 1 heterocycles. The first kappa shape index (κ1) is 20.1. The van der Waals surface area contributed by atoms with Crippen LogP contribution in [-0.4, -0.2) is 46.7 Å². The van der Waals surface area contributed by atoms with Gasteiger partial charge in [0.2, 0.25) is 5.91 Å². The Morgan fingerprint density at radius 1 is 1.14 bits per heavy atom. The second-order valence-electron chi connectivity index (χ2n) is 6.33. The van der Waals surface area contributed by atoms with E-state index in [1.807, 2.05) is 47.0 Å². The van der Waals surface area contributed by atoms with Gasteiger partial charge in [-0.05, 0) is 31.0 Å². The minimum absolute atomic E-state index is 0.0267. The topological polar surface area (TPSA) is 69.0 Å². The van der Waals surface area contributed by atoms with E-state index in [-0.39, 0.29) is 11.7 Å². The first-order valence-corrected chi connectivity index (χ1v) is 10.1. The zero-order chi connectivity index (χ0) is 19.8. The third-order valence-corrected chi connectivity index (χ3v) is 5.03. The smallest absolute Gasteiger partial charge is 0.230 e. The number of carbonyl (C=O) groups is 1. The molecule has 0 radical (unpaired) electrons. The number of carbonyl (C=O) groups excluding carboxylic acids is 1. The second-order valence-corrected chi connectivity index (χ2v) is 7.27. The maximum absolute atomic E-state index is 12.1. The number of nitrogens with zero attached hydrogens (tertiary/aromatic N) is 3. The van der Waals surface area contributed by atoms with Crippen molar-refractivity contribution in [3.8, 4) is 17.1 Å². The van der Waals surface area contributed by atoms with Crippen molar-refractivity contribution in [3.05, 3.63) is 60.2 Å². The molecule has 0 spiro atoms. The largest absolute Gasteiger partial charge is 0.385 e. The lowest BCUT2D eigenvalue weighted by Crippen LogP contribution is -2.26. The van der Waals surface area contributed by atoms with Gasteiger partial charge in [-0.2, -0.15) is 0 Å². The molecule has 0 aliphatic rings. The lowest BCUT2D eigenvalue weighted by atomic mass is 10.2. The lowest BCUT2D eigenvalue weighted by molar-refractivity contribution is -0.118. The summed E-state index contributed by atoms with van der Waals surface area (Å²) in [6.07, 6.45) is 0.796. The average molecular weight is 397 g/mol. The van der Waals surface area contributed by atoms with Crippen molar-refractivity contribution in [2.45, 2.75) is 18.5 Å². The fraction of sp³-hybridized carbons (Fsp3) is 0.286. The molecular formula is C21H24N4O2S. The standard InChI is InChI=1S/C21H24N4O2S/c1-16-8-6-11-18(14-16)25-20(17-9-4-3-5-10-17)23-24-21(25)28-15-19(26)22-12-7-13-27-2/h3-6,8-11,14H,7,12-13,15H2,1-2H3,(H,22,26). The number of aromatic nitrogens is 3. The third kappa shape index (κ3) is 5.21. The van der Waals surface area contributed by atoms with E-state index in [9.17, 15) is 4.79 Å². The molecule has 28 heavy (non-hydrogen) atoms. The van der Waals surface area contributed by atoms with Crippen LogP contribution >= 0.6 is 11.8 Å². The van der Waals surface area contributed by atoms with Gasteiger partial charge in [0.15, 0.2) is 11.0 Å². The maximum Gasteiger partial charge on any atom is 0.230 e. The van der Waals surface area contributed by atoms with Gasteiger partial charge in [-0.15, -0.1) is 10.2 Å². The van der Waals surface area contributed by atoms with Crippen LogP contribution in [0.3, 0.4) is 0 Å². The molecule has 0 unspecified atom stereocenters. The Morgan fingerprint density at radius 2 is 1.96 bits per heavy atom. The normalized spacial score (nSPS) is 10.8. The van der Waals surface area contributed by atoms with Gasteiger partial charge in [-0.25, -0.2) is 0 Å². The van der Waals surface area contributed by atoms with Gasteiger partial charge < -0.3 is 10.1 Å². The quantitative estimate of drug-likeness (QED) is 0.443. The van der Waals surface area contributed by atoms with E-state index in [2.05, 4.69) is 34.6 Å². The van der Waals surface area contributed by atoms with E-state index in [4.69, 9.17) is 4.74 Å². The molecule has 3 aromatic rings. The highest BCUT2D eigenvalue weighted by molar-refractivity contribution is 7.99. The predicted octanol–water partition coefficient (Wildman–Crippen LogP) is 3.49. The van der Waals surface area contributed by atoms with Crippen LogP contribution in [0.5, 0.6) is 0 Å². The van der Waals surface area contributed by atoms with Crippen LogP contribution in [0.25, 0.3) is 17.1 Å². The molecule has 1 amide bonds. The molecule has 3 rings (SSSR count). The molecule has 0 atom stereocenters. The summed E-state index contributed by atoms with van der Waals surface area (Å²) in [4.78, 5) is 12.1. The maximum atomic E-state index is 12.1. The van der Waals surface area contributed by atoms with E-state index in [1.165, 1.54) is 11.8 Å². The first-order valence-electron chi connectivity index (χ1n) is 9.15. The second kappa shape index (κ2) is 10.1. The molecule has 0 saturated carbocycles. The lowest BCUT2D eigenvalue weighted by Gasteiger charge is -2.11. The summed E-state index contributed by atoms with van der Waals surface area (Å²) in [6.45, 7) is 3.29. The van der Waals surface area contributed by atoms with Gasteiger partial charge in [-0.3, -0.25) is 9.36 Å². The Hall–Kier alpha value is -2.64. The number of benzene rings is 2. The van der Waals surface area contributed by atoms with Gasteiger partial charge >= 0.3 is 0 Å². The van der Waals surface area contributed by atoms with Crippen LogP contribution in [0.2, 0.25) is 0 Å². The van der Waals surface area contributed by atoms with Gasteiger partial charge in [-0.1, -0.05) is 54.2 Å². The molecular weight excluding hydrogens is 372 g/mol. The van der Waals surface area contributed by atoms with E-state index >= 15 is 0 Å². The number of aryl methyl sites for hydroxylation is 1. The SMILES string of the molecule is COCCCNC(=O)CSc1nnc(-c2ccccc2)n1-c1cccc(C)c1. The highest BCUT2D eigenvalue weighted by atomic mass is 32.2. The van der Waals surface area contributed by atoms with Crippen LogP contribution in [0.1, 0.15) is 12.0 Å². The van der Waals surface area contributed by atoms with Crippen molar-refractivity contribution in [2.24, 2.45) is 0 Å². The summed E-state index contributed by atoms with van der Waals surface area (Å²) in [6, 6.07) is 18.1. The number of rotatable bonds is 9. The predicted molar refractivity (Wildman–Crippen MR) is 112 cm³/mol. The highest BCUT2D eigenvalue weighted by Gasteiger charge is 2.17. The number of ether oxygens (including phenoxy) is 1. The fourth-order valence-electron chi connectivity index (χ4n) is 2.76. The van der Waals surface area contributed by atoms with Gasteiger partial charge in [0, 0.05) is 31.5 Å². The number of nitrogens with one attached hydrogen (secondary N) is 1. The summed E-state index contributed by atoms with van der Waals surface area (Å²) in [7, 11) is 1.65. The molecule has 0 aliphatic carbocycles. The fourth-order valence-corrected chi connectivity index (χ4v) is 3.54. The van der Waals surface area contributed by atoms with Crippen LogP contribution < -0.4 is 5.32 Å². The summed E-state index contributed by atoms with van der Waals surface area (Å²) < 4.78 is 7.00. The molecule has 146 valence electrons. The minimum atomic E-state index is -0.0267. The first-order chi connectivity index (χ1) is 13.7. The van der Waals surface area contributed by atoms with E-state index in [0.717, 1.165) is 29.1 Å². The number of methoxy groups -OCH3 is 1. The summed E-state index contributed by atoms with van der Waals surface area (Å²) in [5.74, 6) is 1.02. The van der Waals surface area contributed by atoms with Crippen molar-refractivity contribution in [1.29, 1.82) is 0 Å². The van der Waals surface area contributed by atoms with Crippen molar-refractivity contribution in [3.63, 3.8) is 0 Å². The van der Waals surface area contributed by atoms with E-state index in [1.54, 1.807) is 7.11 Å². The Labute approximate surface area is 169 Å². The summed E-state index contributed by atoms with van der Waals surface area (Å²) in [5, 5.41) is 12.3. The number of thioether (sulfide) groups is 1. The molecule has 0 saturated heterocycles. The zero-order valence-electron chi connectivity index (χ0n) is 16.1. The van der Waals surface area contributed by atoms with Crippen LogP contribution in [0.4, 0.5) is 0 Å². The highest BCUT2D eigenvalue weighted by Crippen LogP contribution is 2.28. The van der Waals surface area contributed by atoms with E-state index in [0.29, 0.717) is 18.3 Å². The number of hydrogen-bond donors (Lipinski definition) is 1. The Kier molecular flexibility index (Phi) is 7.22. The number of hydrogen-bond acceptors (Lipinski definition) is 5. The summed E-state index contributed by atoms with van der Waals surface area (Å²) in [5.41, 5.74) is 3.11. The molecule has 1 N–H and O–H groups in total. The molecule has 0 aliphatic heterocycles. The van der Waals surface area contributed by atoms with Crippen molar-refractivity contribution in [2.75, 3.05) is 26.0 Å². The van der Waals surface area contributed by atoms with Gasteiger partial charge in [0.25, 0.3) is 0 Å². The Morgan fingerprint density at radius 3 is 2.71 bits per heavy atom. The van der Waals surface area contributed by atoms with Crippen LogP contribution in [0, 0.1) is 6.92 Å². The molecule has 7 heteroatoms. The summed E-state index contributed by atoms with van der Waals surface area (Å²) >= 11 is 1.38. The average Bonchev–Trinajstić information content (AvgIpc) is 3.14. The van der Waals surface area contributed by atoms with Gasteiger partial charge in [0.05, 0.1) is 5.75 Å². The van der Waals surface area contributed by atoms with Crippen LogP contribution in [-0.2, 0) is 9.53 Å². The molecule has 0 bridgehead atoms. The van der Waals surface area contributed by atoms with Crippen molar-refractivity contribution < 1.29 is 9.53 Å². The number of amides is 1. The zero-order valence-corrected chi connectivity index (χ0v) is 16.9. The minimum Gasteiger partial charge on any atom is -0.385 e. The molecule has 0 fully saturated rings. The third-order valence-electron chi connectivity index (χ3n) is 4.10. The Bertz CT molecular complexity index is 912. The molecule has 2 aromatic carbocycles. The monoisotopic (exact) mass is 396 g/mol. The Balaban J connectivity index is 1.81. The van der Waals surface area contributed by atoms with Gasteiger partial charge in [0.1, 0.15) is 0 Å². The van der Waals surface area contributed by atoms with Crippen molar-refractivity contribution >= 4 is 17.7 Å². The molecule has 6 nitrogen and oxygen atoms in total. The van der Waals surface area contributed by atoms with Crippen LogP contribution in [0.15, 0.2) is 59.8 Å². The molecule has 1 aromatic heterocycles. The van der Waals surface area contributed by atoms with E-state index < -0.39 is 0 Å². The van der Waals surface area contributed by atoms with Crippen molar-refractivity contribution in [1.82, 2.24) is 20.1 Å².